The summed E-state index contributed by atoms with van der Waals surface area (Å²) in [7, 11) is 4.84. The van der Waals surface area contributed by atoms with E-state index in [9.17, 15) is 0 Å². The van der Waals surface area contributed by atoms with E-state index in [1.54, 1.807) is 21.3 Å². The molecule has 0 heterocycles. The molecular formula is C21H28O5. The van der Waals surface area contributed by atoms with Crippen molar-refractivity contribution >= 4 is 0 Å². The molecule has 0 unspecified atom stereocenters. The molecule has 0 amide bonds. The first-order valence-corrected chi connectivity index (χ1v) is 8.47. The summed E-state index contributed by atoms with van der Waals surface area (Å²) in [5, 5.41) is 0. The van der Waals surface area contributed by atoms with Crippen LogP contribution in [0.5, 0.6) is 17.2 Å². The average Bonchev–Trinajstić information content (AvgIpc) is 2.63. The van der Waals surface area contributed by atoms with E-state index in [0.717, 1.165) is 22.4 Å². The Morgan fingerprint density at radius 2 is 1.38 bits per heavy atom. The van der Waals surface area contributed by atoms with Gasteiger partial charge in [0.2, 0.25) is 0 Å². The second-order valence-electron chi connectivity index (χ2n) is 6.93. The normalized spacial score (nSPS) is 11.3. The molecule has 0 aliphatic carbocycles. The van der Waals surface area contributed by atoms with E-state index < -0.39 is 0 Å². The molecule has 0 N–H and O–H groups in total. The Kier molecular flexibility index (Phi) is 6.89. The van der Waals surface area contributed by atoms with Crippen molar-refractivity contribution in [2.45, 2.75) is 26.2 Å². The second kappa shape index (κ2) is 8.92. The molecule has 0 aromatic heterocycles. The van der Waals surface area contributed by atoms with Gasteiger partial charge in [0.15, 0.2) is 25.1 Å². The number of hydrogen-bond donors (Lipinski definition) is 0. The average molecular weight is 360 g/mol. The first-order chi connectivity index (χ1) is 12.4. The summed E-state index contributed by atoms with van der Waals surface area (Å²) in [4.78, 5) is 0. The van der Waals surface area contributed by atoms with Gasteiger partial charge >= 0.3 is 0 Å². The third-order valence-corrected chi connectivity index (χ3v) is 3.94. The number of hydrogen-bond acceptors (Lipinski definition) is 5. The van der Waals surface area contributed by atoms with Crippen LogP contribution in [0.25, 0.3) is 11.1 Å². The third-order valence-electron chi connectivity index (χ3n) is 3.94. The lowest BCUT2D eigenvalue weighted by molar-refractivity contribution is 0.0312. The molecule has 0 atom stereocenters. The van der Waals surface area contributed by atoms with Gasteiger partial charge in [0.25, 0.3) is 0 Å². The molecule has 0 bridgehead atoms. The van der Waals surface area contributed by atoms with E-state index in [4.69, 9.17) is 23.7 Å². The van der Waals surface area contributed by atoms with Crippen LogP contribution in [0.1, 0.15) is 26.3 Å². The number of rotatable bonds is 8. The Hall–Kier alpha value is -2.24. The number of methoxy groups -OCH3 is 3. The van der Waals surface area contributed by atoms with Crippen molar-refractivity contribution in [3.8, 4) is 28.4 Å². The maximum Gasteiger partial charge on any atom is 0.188 e. The molecule has 0 fully saturated rings. The third kappa shape index (κ3) is 4.90. The van der Waals surface area contributed by atoms with Gasteiger partial charge in [-0.25, -0.2) is 0 Å². The van der Waals surface area contributed by atoms with E-state index in [1.165, 1.54) is 0 Å². The highest BCUT2D eigenvalue weighted by atomic mass is 16.7. The molecule has 5 nitrogen and oxygen atoms in total. The fraction of sp³-hybridized carbons (Fsp3) is 0.429. The van der Waals surface area contributed by atoms with E-state index >= 15 is 0 Å². The molecule has 2 rings (SSSR count). The van der Waals surface area contributed by atoms with Crippen LogP contribution in [0.3, 0.4) is 0 Å². The molecule has 5 heteroatoms. The topological polar surface area (TPSA) is 46.2 Å². The first-order valence-electron chi connectivity index (χ1n) is 8.47. The summed E-state index contributed by atoms with van der Waals surface area (Å²) in [5.41, 5.74) is 3.00. The largest absolute Gasteiger partial charge is 0.497 e. The van der Waals surface area contributed by atoms with Gasteiger partial charge in [0, 0.05) is 19.8 Å². The smallest absolute Gasteiger partial charge is 0.188 e. The van der Waals surface area contributed by atoms with E-state index in [1.807, 2.05) is 30.3 Å². The summed E-state index contributed by atoms with van der Waals surface area (Å²) in [6, 6.07) is 12.0. The van der Waals surface area contributed by atoms with Crippen LogP contribution in [-0.2, 0) is 14.9 Å². The van der Waals surface area contributed by atoms with Gasteiger partial charge in [0.1, 0.15) is 5.75 Å². The van der Waals surface area contributed by atoms with Crippen molar-refractivity contribution in [1.29, 1.82) is 0 Å². The van der Waals surface area contributed by atoms with Gasteiger partial charge in [-0.05, 0) is 40.8 Å². The quantitative estimate of drug-likeness (QED) is 0.643. The molecule has 0 aliphatic heterocycles. The van der Waals surface area contributed by atoms with Crippen LogP contribution in [0.2, 0.25) is 0 Å². The lowest BCUT2D eigenvalue weighted by atomic mass is 9.84. The Morgan fingerprint density at radius 1 is 0.769 bits per heavy atom. The van der Waals surface area contributed by atoms with E-state index in [0.29, 0.717) is 11.5 Å². The van der Waals surface area contributed by atoms with Crippen LogP contribution in [0.4, 0.5) is 0 Å². The van der Waals surface area contributed by atoms with Crippen molar-refractivity contribution < 1.29 is 23.7 Å². The molecule has 2 aromatic carbocycles. The second-order valence-corrected chi connectivity index (χ2v) is 6.93. The van der Waals surface area contributed by atoms with Crippen LogP contribution >= 0.6 is 0 Å². The Bertz CT molecular complexity index is 702. The summed E-state index contributed by atoms with van der Waals surface area (Å²) >= 11 is 0. The standard InChI is InChI=1S/C21H28O5/c1-21(2,3)18-11-16(15-7-9-17(24-6)10-8-15)12-19(25-13-22-4)20(18)26-14-23-5/h7-12H,13-14H2,1-6H3. The van der Waals surface area contributed by atoms with Crippen LogP contribution < -0.4 is 14.2 Å². The van der Waals surface area contributed by atoms with Gasteiger partial charge in [-0.15, -0.1) is 0 Å². The Balaban J connectivity index is 2.57. The highest BCUT2D eigenvalue weighted by Gasteiger charge is 2.24. The zero-order valence-corrected chi connectivity index (χ0v) is 16.4. The van der Waals surface area contributed by atoms with Crippen molar-refractivity contribution in [2.24, 2.45) is 0 Å². The zero-order chi connectivity index (χ0) is 19.2. The summed E-state index contributed by atoms with van der Waals surface area (Å²) in [6.45, 7) is 6.70. The number of ether oxygens (including phenoxy) is 5. The van der Waals surface area contributed by atoms with Crippen molar-refractivity contribution in [2.75, 3.05) is 34.9 Å². The molecule has 0 aliphatic rings. The maximum atomic E-state index is 5.85. The first kappa shape index (κ1) is 20.1. The maximum absolute atomic E-state index is 5.85. The Morgan fingerprint density at radius 3 is 1.92 bits per heavy atom. The minimum atomic E-state index is -0.142. The van der Waals surface area contributed by atoms with E-state index in [2.05, 4.69) is 26.8 Å². The molecule has 142 valence electrons. The highest BCUT2D eigenvalue weighted by Crippen LogP contribution is 2.42. The van der Waals surface area contributed by atoms with Crippen molar-refractivity contribution in [3.63, 3.8) is 0 Å². The number of benzene rings is 2. The van der Waals surface area contributed by atoms with Crippen molar-refractivity contribution in [1.82, 2.24) is 0 Å². The molecule has 0 saturated heterocycles. The summed E-state index contributed by atoms with van der Waals surface area (Å²) in [6.07, 6.45) is 0. The predicted molar refractivity (Wildman–Crippen MR) is 102 cm³/mol. The highest BCUT2D eigenvalue weighted by molar-refractivity contribution is 5.70. The van der Waals surface area contributed by atoms with Gasteiger partial charge in [-0.1, -0.05) is 32.9 Å². The molecule has 0 saturated carbocycles. The van der Waals surface area contributed by atoms with Crippen LogP contribution in [-0.4, -0.2) is 34.9 Å². The summed E-state index contributed by atoms with van der Waals surface area (Å²) in [5.74, 6) is 2.12. The van der Waals surface area contributed by atoms with Gasteiger partial charge < -0.3 is 23.7 Å². The zero-order valence-electron chi connectivity index (χ0n) is 16.4. The fourth-order valence-electron chi connectivity index (χ4n) is 2.61. The van der Waals surface area contributed by atoms with Gasteiger partial charge in [0.05, 0.1) is 7.11 Å². The minimum Gasteiger partial charge on any atom is -0.497 e. The summed E-state index contributed by atoms with van der Waals surface area (Å²) < 4.78 is 27.1. The molecule has 0 radical (unpaired) electrons. The molecule has 0 spiro atoms. The fourth-order valence-corrected chi connectivity index (χ4v) is 2.61. The van der Waals surface area contributed by atoms with Crippen molar-refractivity contribution in [3.05, 3.63) is 42.0 Å². The lowest BCUT2D eigenvalue weighted by Gasteiger charge is -2.26. The van der Waals surface area contributed by atoms with Gasteiger partial charge in [-0.2, -0.15) is 0 Å². The molecular weight excluding hydrogens is 332 g/mol. The predicted octanol–water partition coefficient (Wildman–Crippen LogP) is 4.63. The monoisotopic (exact) mass is 360 g/mol. The Labute approximate surface area is 155 Å². The van der Waals surface area contributed by atoms with E-state index in [-0.39, 0.29) is 19.0 Å². The lowest BCUT2D eigenvalue weighted by Crippen LogP contribution is -2.16. The molecule has 26 heavy (non-hydrogen) atoms. The van der Waals surface area contributed by atoms with Crippen LogP contribution in [0, 0.1) is 0 Å². The van der Waals surface area contributed by atoms with Crippen LogP contribution in [0.15, 0.2) is 36.4 Å². The SMILES string of the molecule is COCOc1cc(-c2ccc(OC)cc2)cc(C(C)(C)C)c1OCOC. The minimum absolute atomic E-state index is 0.138. The molecule has 2 aromatic rings. The van der Waals surface area contributed by atoms with Gasteiger partial charge in [-0.3, -0.25) is 0 Å².